The van der Waals surface area contributed by atoms with E-state index in [1.807, 2.05) is 12.1 Å². The molecule has 3 heterocycles. The molecule has 3 saturated heterocycles. The van der Waals surface area contributed by atoms with Crippen molar-refractivity contribution in [3.8, 4) is 0 Å². The smallest absolute Gasteiger partial charge is 0.327 e. The number of halogens is 1. The number of amides is 3. The predicted octanol–water partition coefficient (Wildman–Crippen LogP) is 0.737. The van der Waals surface area contributed by atoms with Crippen LogP contribution in [0.1, 0.15) is 25.7 Å². The fourth-order valence-electron chi connectivity index (χ4n) is 4.52. The van der Waals surface area contributed by atoms with Crippen LogP contribution in [0.25, 0.3) is 0 Å². The Balaban J connectivity index is 1.22. The molecule has 6 nitrogen and oxygen atoms in total. The summed E-state index contributed by atoms with van der Waals surface area (Å²) in [5, 5.41) is 0. The molecule has 1 N–H and O–H groups in total. The van der Waals surface area contributed by atoms with Crippen LogP contribution in [0.15, 0.2) is 24.3 Å². The average molecular weight is 375 g/mol. The lowest BCUT2D eigenvalue weighted by molar-refractivity contribution is -0.900. The summed E-state index contributed by atoms with van der Waals surface area (Å²) in [6.45, 7) is 6.16. The molecule has 0 unspecified atom stereocenters. The first-order chi connectivity index (χ1) is 13.1. The fourth-order valence-corrected chi connectivity index (χ4v) is 4.52. The summed E-state index contributed by atoms with van der Waals surface area (Å²) in [7, 11) is 0. The van der Waals surface area contributed by atoms with Gasteiger partial charge >= 0.3 is 6.03 Å². The molecule has 7 heteroatoms. The van der Waals surface area contributed by atoms with Crippen molar-refractivity contribution in [3.63, 3.8) is 0 Å². The van der Waals surface area contributed by atoms with E-state index in [1.54, 1.807) is 4.90 Å². The second-order valence-corrected chi connectivity index (χ2v) is 7.79. The molecule has 146 valence electrons. The number of anilines is 1. The molecule has 0 aromatic heterocycles. The van der Waals surface area contributed by atoms with Crippen LogP contribution in [0, 0.1) is 5.82 Å². The second kappa shape index (κ2) is 7.84. The number of piperidine rings is 1. The third kappa shape index (κ3) is 3.78. The van der Waals surface area contributed by atoms with E-state index in [0.29, 0.717) is 6.54 Å². The zero-order valence-corrected chi connectivity index (χ0v) is 15.7. The molecule has 27 heavy (non-hydrogen) atoms. The van der Waals surface area contributed by atoms with E-state index in [-0.39, 0.29) is 23.8 Å². The van der Waals surface area contributed by atoms with Gasteiger partial charge in [0.05, 0.1) is 32.7 Å². The number of quaternary nitrogens is 1. The van der Waals surface area contributed by atoms with Crippen LogP contribution in [0.4, 0.5) is 14.9 Å². The molecule has 0 saturated carbocycles. The first-order valence-corrected chi connectivity index (χ1v) is 10.1. The summed E-state index contributed by atoms with van der Waals surface area (Å²) in [6, 6.07) is 6.40. The molecule has 1 aromatic rings. The van der Waals surface area contributed by atoms with Gasteiger partial charge in [-0.1, -0.05) is 0 Å². The predicted molar refractivity (Wildman–Crippen MR) is 100 cm³/mol. The van der Waals surface area contributed by atoms with Crippen molar-refractivity contribution in [1.29, 1.82) is 0 Å². The van der Waals surface area contributed by atoms with Gasteiger partial charge in [0.2, 0.25) is 0 Å². The summed E-state index contributed by atoms with van der Waals surface area (Å²) in [5.74, 6) is -0.194. The second-order valence-electron chi connectivity index (χ2n) is 7.79. The van der Waals surface area contributed by atoms with E-state index in [1.165, 1.54) is 21.9 Å². The van der Waals surface area contributed by atoms with Gasteiger partial charge in [-0.3, -0.25) is 9.69 Å². The molecule has 4 rings (SSSR count). The highest BCUT2D eigenvalue weighted by Gasteiger charge is 2.45. The Morgan fingerprint density at radius 2 is 1.78 bits per heavy atom. The van der Waals surface area contributed by atoms with Crippen molar-refractivity contribution in [2.45, 2.75) is 31.7 Å². The summed E-state index contributed by atoms with van der Waals surface area (Å²) in [6.07, 6.45) is 3.71. The van der Waals surface area contributed by atoms with Crippen molar-refractivity contribution in [2.75, 3.05) is 50.7 Å². The first kappa shape index (κ1) is 18.2. The van der Waals surface area contributed by atoms with Crippen molar-refractivity contribution in [1.82, 2.24) is 9.80 Å². The number of nitrogens with zero attached hydrogens (tertiary/aromatic N) is 3. The van der Waals surface area contributed by atoms with Crippen molar-refractivity contribution < 1.29 is 18.9 Å². The number of carbonyl (C=O) groups is 2. The van der Waals surface area contributed by atoms with Gasteiger partial charge in [0, 0.05) is 25.2 Å². The maximum absolute atomic E-state index is 13.1. The molecule has 1 atom stereocenters. The third-order valence-electron chi connectivity index (χ3n) is 6.10. The van der Waals surface area contributed by atoms with Crippen molar-refractivity contribution in [2.24, 2.45) is 0 Å². The van der Waals surface area contributed by atoms with Gasteiger partial charge in [0.15, 0.2) is 0 Å². The van der Waals surface area contributed by atoms with Crippen LogP contribution in [-0.4, -0.2) is 73.6 Å². The highest BCUT2D eigenvalue weighted by molar-refractivity contribution is 6.04. The molecule has 1 aromatic carbocycles. The molecule has 0 radical (unpaired) electrons. The number of nitrogens with one attached hydrogen (secondary N) is 1. The number of rotatable bonds is 5. The highest BCUT2D eigenvalue weighted by Crippen LogP contribution is 2.26. The summed E-state index contributed by atoms with van der Waals surface area (Å²) < 4.78 is 13.1. The van der Waals surface area contributed by atoms with Gasteiger partial charge in [-0.15, -0.1) is 0 Å². The average Bonchev–Trinajstić information content (AvgIpc) is 2.94. The standard InChI is InChI=1S/C20H27FN4O2/c21-16-5-7-17(8-6-16)23-14-12-22(13-15-23)9-3-11-25-19(26)18-4-1-2-10-24(18)20(25)27/h5-8,18H,1-4,9-15H2/p+1/t18-/m1/s1. The van der Waals surface area contributed by atoms with Gasteiger partial charge in [0.1, 0.15) is 11.9 Å². The number of hydrogen-bond acceptors (Lipinski definition) is 3. The maximum Gasteiger partial charge on any atom is 0.327 e. The Bertz CT molecular complexity index is 664. The molecule has 3 fully saturated rings. The molecule has 0 bridgehead atoms. The summed E-state index contributed by atoms with van der Waals surface area (Å²) >= 11 is 0. The number of carbonyl (C=O) groups excluding carboxylic acids is 2. The van der Waals surface area contributed by atoms with Crippen LogP contribution in [-0.2, 0) is 4.79 Å². The molecular weight excluding hydrogens is 347 g/mol. The van der Waals surface area contributed by atoms with E-state index < -0.39 is 0 Å². The molecule has 3 amide bonds. The monoisotopic (exact) mass is 375 g/mol. The van der Waals surface area contributed by atoms with Crippen molar-refractivity contribution >= 4 is 17.6 Å². The summed E-state index contributed by atoms with van der Waals surface area (Å²) in [4.78, 5) is 32.0. The molecule has 3 aliphatic heterocycles. The lowest BCUT2D eigenvalue weighted by atomic mass is 10.0. The largest absolute Gasteiger partial charge is 0.360 e. The Hall–Kier alpha value is -2.15. The number of urea groups is 1. The van der Waals surface area contributed by atoms with E-state index >= 15 is 0 Å². The maximum atomic E-state index is 13.1. The SMILES string of the molecule is O=C1[C@H]2CCCCN2C(=O)N1CCC[NH+]1CCN(c2ccc(F)cc2)CC1. The van der Waals surface area contributed by atoms with E-state index in [0.717, 1.165) is 70.6 Å². The van der Waals surface area contributed by atoms with Gasteiger partial charge in [-0.05, 0) is 43.5 Å². The Morgan fingerprint density at radius 3 is 2.48 bits per heavy atom. The number of fused-ring (bicyclic) bond motifs is 1. The van der Waals surface area contributed by atoms with Crippen LogP contribution in [0.2, 0.25) is 0 Å². The van der Waals surface area contributed by atoms with E-state index in [9.17, 15) is 14.0 Å². The Kier molecular flexibility index (Phi) is 5.29. The van der Waals surface area contributed by atoms with Crippen LogP contribution in [0.3, 0.4) is 0 Å². The van der Waals surface area contributed by atoms with Crippen molar-refractivity contribution in [3.05, 3.63) is 30.1 Å². The normalized spacial score (nSPS) is 23.9. The molecule has 0 spiro atoms. The number of hydrogen-bond donors (Lipinski definition) is 1. The Labute approximate surface area is 159 Å². The Morgan fingerprint density at radius 1 is 1.04 bits per heavy atom. The quantitative estimate of drug-likeness (QED) is 0.773. The lowest BCUT2D eigenvalue weighted by Gasteiger charge is -2.33. The van der Waals surface area contributed by atoms with Crippen LogP contribution >= 0.6 is 0 Å². The topological polar surface area (TPSA) is 48.3 Å². The molecular formula is C20H28FN4O2+. The zero-order valence-electron chi connectivity index (χ0n) is 15.7. The third-order valence-corrected chi connectivity index (χ3v) is 6.10. The van der Waals surface area contributed by atoms with E-state index in [2.05, 4.69) is 4.90 Å². The lowest BCUT2D eigenvalue weighted by Crippen LogP contribution is -3.15. The summed E-state index contributed by atoms with van der Waals surface area (Å²) in [5.41, 5.74) is 1.07. The van der Waals surface area contributed by atoms with Gasteiger partial charge in [-0.2, -0.15) is 0 Å². The fraction of sp³-hybridized carbons (Fsp3) is 0.600. The minimum absolute atomic E-state index is 0.0100. The molecule has 0 aliphatic carbocycles. The van der Waals surface area contributed by atoms with Crippen LogP contribution < -0.4 is 9.80 Å². The number of benzene rings is 1. The first-order valence-electron chi connectivity index (χ1n) is 10.1. The van der Waals surface area contributed by atoms with Gasteiger partial charge < -0.3 is 14.7 Å². The zero-order chi connectivity index (χ0) is 18.8. The van der Waals surface area contributed by atoms with Crippen LogP contribution in [0.5, 0.6) is 0 Å². The van der Waals surface area contributed by atoms with Gasteiger partial charge in [-0.25, -0.2) is 9.18 Å². The highest BCUT2D eigenvalue weighted by atomic mass is 19.1. The molecule has 3 aliphatic rings. The van der Waals surface area contributed by atoms with Gasteiger partial charge in [0.25, 0.3) is 5.91 Å². The minimum Gasteiger partial charge on any atom is -0.360 e. The van der Waals surface area contributed by atoms with E-state index in [4.69, 9.17) is 0 Å². The number of piperazine rings is 1. The number of imide groups is 1. The minimum atomic E-state index is -0.204.